The Morgan fingerprint density at radius 3 is 2.00 bits per heavy atom. The summed E-state index contributed by atoms with van der Waals surface area (Å²) in [4.78, 5) is 0. The molecule has 2 N–H and O–H groups in total. The molecule has 1 atom stereocenters. The van der Waals surface area contributed by atoms with Crippen molar-refractivity contribution >= 4 is 5.69 Å². The molecule has 1 aromatic carbocycles. The number of hydrogen-bond donors (Lipinski definition) is 1. The van der Waals surface area contributed by atoms with E-state index in [-0.39, 0.29) is 12.1 Å². The third-order valence-corrected chi connectivity index (χ3v) is 1.88. The van der Waals surface area contributed by atoms with Crippen LogP contribution in [0.4, 0.5) is 40.8 Å². The van der Waals surface area contributed by atoms with Crippen LogP contribution in [0.15, 0.2) is 12.1 Å². The summed E-state index contributed by atoms with van der Waals surface area (Å²) in [6, 6.07) is 0.198. The number of nitrogen functional groups attached to an aromatic ring is 1. The lowest BCUT2D eigenvalue weighted by Gasteiger charge is -2.23. The zero-order valence-corrected chi connectivity index (χ0v) is 8.74. The van der Waals surface area contributed by atoms with Crippen LogP contribution in [0.2, 0.25) is 0 Å². The first-order valence-electron chi connectivity index (χ1n) is 4.47. The van der Waals surface area contributed by atoms with Crippen LogP contribution in [-0.2, 0) is 0 Å². The van der Waals surface area contributed by atoms with Crippen molar-refractivity contribution in [1.29, 1.82) is 0 Å². The number of nitrogens with two attached hydrogens (primary N) is 1. The van der Waals surface area contributed by atoms with Crippen LogP contribution < -0.4 is 10.5 Å². The minimum Gasteiger partial charge on any atom is -0.427 e. The third-order valence-electron chi connectivity index (χ3n) is 1.88. The molecule has 0 aliphatic carbocycles. The zero-order chi connectivity index (χ0) is 15.0. The molecule has 19 heavy (non-hydrogen) atoms. The van der Waals surface area contributed by atoms with Gasteiger partial charge in [0, 0.05) is 12.1 Å². The van der Waals surface area contributed by atoms with Crippen molar-refractivity contribution in [3.05, 3.63) is 23.8 Å². The van der Waals surface area contributed by atoms with Gasteiger partial charge in [-0.05, 0) is 0 Å². The molecule has 1 unspecified atom stereocenters. The van der Waals surface area contributed by atoms with E-state index in [2.05, 4.69) is 4.74 Å². The van der Waals surface area contributed by atoms with E-state index >= 15 is 0 Å². The van der Waals surface area contributed by atoms with Crippen molar-refractivity contribution in [2.24, 2.45) is 0 Å². The Morgan fingerprint density at radius 2 is 1.53 bits per heavy atom. The van der Waals surface area contributed by atoms with Gasteiger partial charge in [-0.15, -0.1) is 0 Å². The van der Waals surface area contributed by atoms with Gasteiger partial charge in [0.2, 0.25) is 0 Å². The van der Waals surface area contributed by atoms with Crippen LogP contribution in [0.1, 0.15) is 0 Å². The van der Waals surface area contributed by atoms with E-state index in [1.165, 1.54) is 0 Å². The number of benzene rings is 1. The summed E-state index contributed by atoms with van der Waals surface area (Å²) in [5.74, 6) is -4.59. The predicted molar refractivity (Wildman–Crippen MR) is 47.3 cm³/mol. The number of hydrogen-bond acceptors (Lipinski definition) is 2. The second-order valence-electron chi connectivity index (χ2n) is 3.37. The second kappa shape index (κ2) is 4.74. The molecule has 1 rings (SSSR count). The number of ether oxygens (including phenoxy) is 1. The molecule has 0 radical (unpaired) electrons. The molecule has 0 aliphatic rings. The van der Waals surface area contributed by atoms with E-state index in [1.807, 2.05) is 0 Å². The Balaban J connectivity index is 3.05. The number of halogens is 8. The predicted octanol–water partition coefficient (Wildman–Crippen LogP) is 3.42. The fourth-order valence-corrected chi connectivity index (χ4v) is 1.01. The Kier molecular flexibility index (Phi) is 3.82. The number of rotatable bonds is 3. The van der Waals surface area contributed by atoms with Gasteiger partial charge in [0.15, 0.2) is 11.6 Å². The van der Waals surface area contributed by atoms with Gasteiger partial charge in [-0.25, -0.2) is 13.2 Å². The van der Waals surface area contributed by atoms with E-state index in [9.17, 15) is 35.1 Å². The maximum Gasteiger partial charge on any atom is 0.439 e. The highest BCUT2D eigenvalue weighted by Gasteiger charge is 2.59. The highest BCUT2D eigenvalue weighted by atomic mass is 19.4. The van der Waals surface area contributed by atoms with Crippen molar-refractivity contribution < 1.29 is 39.9 Å². The van der Waals surface area contributed by atoms with Crippen LogP contribution in [0.25, 0.3) is 0 Å². The van der Waals surface area contributed by atoms with Gasteiger partial charge < -0.3 is 10.5 Å². The van der Waals surface area contributed by atoms with Gasteiger partial charge in [0.25, 0.3) is 6.17 Å². The molecule has 0 fully saturated rings. The smallest absolute Gasteiger partial charge is 0.427 e. The van der Waals surface area contributed by atoms with Crippen LogP contribution in [0, 0.1) is 11.6 Å². The van der Waals surface area contributed by atoms with E-state index in [0.29, 0.717) is 0 Å². The average Bonchev–Trinajstić information content (AvgIpc) is 2.23. The topological polar surface area (TPSA) is 35.2 Å². The fraction of sp³-hybridized carbons (Fsp3) is 0.333. The molecule has 10 heteroatoms. The summed E-state index contributed by atoms with van der Waals surface area (Å²) in [5.41, 5.74) is 4.04. The monoisotopic (exact) mass is 295 g/mol. The van der Waals surface area contributed by atoms with E-state index in [0.717, 1.165) is 0 Å². The molecule has 0 saturated carbocycles. The highest BCUT2D eigenvalue weighted by Crippen LogP contribution is 2.37. The Bertz CT molecular complexity index is 472. The Hall–Kier alpha value is -1.74. The molecule has 1 aromatic rings. The Morgan fingerprint density at radius 1 is 1.00 bits per heavy atom. The lowest BCUT2D eigenvalue weighted by Crippen LogP contribution is -2.45. The molecule has 0 spiro atoms. The van der Waals surface area contributed by atoms with Gasteiger partial charge in [-0.1, -0.05) is 0 Å². The minimum atomic E-state index is -5.91. The van der Waals surface area contributed by atoms with Gasteiger partial charge in [-0.2, -0.15) is 22.0 Å². The summed E-state index contributed by atoms with van der Waals surface area (Å²) in [7, 11) is 0. The van der Waals surface area contributed by atoms with Crippen LogP contribution in [-0.4, -0.2) is 18.5 Å². The fourth-order valence-electron chi connectivity index (χ4n) is 1.01. The zero-order valence-electron chi connectivity index (χ0n) is 8.74. The molecular weight excluding hydrogens is 290 g/mol. The standard InChI is InChI=1S/C9H5F8NO/c10-3-1-4(11)6(2-5(3)18)19-9(16,17)7(12)8(13,14)15/h1-2,7H,18H2. The maximum absolute atomic E-state index is 13.0. The lowest BCUT2D eigenvalue weighted by molar-refractivity contribution is -0.305. The van der Waals surface area contributed by atoms with Gasteiger partial charge in [0.05, 0.1) is 5.69 Å². The molecule has 108 valence electrons. The highest BCUT2D eigenvalue weighted by molar-refractivity contribution is 5.46. The first kappa shape index (κ1) is 15.3. The van der Waals surface area contributed by atoms with Gasteiger partial charge in [0.1, 0.15) is 5.82 Å². The first-order chi connectivity index (χ1) is 8.45. The van der Waals surface area contributed by atoms with Crippen LogP contribution in [0.3, 0.4) is 0 Å². The Labute approximate surface area is 100 Å². The summed E-state index contributed by atoms with van der Waals surface area (Å²) < 4.78 is 102. The SMILES string of the molecule is Nc1cc(OC(F)(F)C(F)C(F)(F)F)c(F)cc1F. The van der Waals surface area contributed by atoms with Crippen LogP contribution in [0.5, 0.6) is 5.75 Å². The van der Waals surface area contributed by atoms with Gasteiger partial charge >= 0.3 is 12.3 Å². The van der Waals surface area contributed by atoms with E-state index < -0.39 is 41.5 Å². The quantitative estimate of drug-likeness (QED) is 0.685. The minimum absolute atomic E-state index is 0.0154. The van der Waals surface area contributed by atoms with Crippen molar-refractivity contribution in [2.75, 3.05) is 5.73 Å². The maximum atomic E-state index is 13.0. The third kappa shape index (κ3) is 3.38. The van der Waals surface area contributed by atoms with Crippen molar-refractivity contribution in [2.45, 2.75) is 18.5 Å². The summed E-state index contributed by atoms with van der Waals surface area (Å²) in [6.45, 7) is 0. The van der Waals surface area contributed by atoms with Crippen molar-refractivity contribution in [1.82, 2.24) is 0 Å². The number of anilines is 1. The summed E-state index contributed by atoms with van der Waals surface area (Å²) in [5, 5.41) is 0. The molecule has 0 amide bonds. The molecule has 0 saturated heterocycles. The van der Waals surface area contributed by atoms with Crippen molar-refractivity contribution in [3.63, 3.8) is 0 Å². The van der Waals surface area contributed by atoms with Gasteiger partial charge in [-0.3, -0.25) is 0 Å². The summed E-state index contributed by atoms with van der Waals surface area (Å²) >= 11 is 0. The summed E-state index contributed by atoms with van der Waals surface area (Å²) in [6.07, 6.45) is -16.0. The second-order valence-corrected chi connectivity index (χ2v) is 3.37. The molecule has 0 bridgehead atoms. The molecule has 0 aliphatic heterocycles. The molecular formula is C9H5F8NO. The largest absolute Gasteiger partial charge is 0.439 e. The molecule has 2 nitrogen and oxygen atoms in total. The van der Waals surface area contributed by atoms with Crippen LogP contribution >= 0.6 is 0 Å². The first-order valence-corrected chi connectivity index (χ1v) is 4.47. The average molecular weight is 295 g/mol. The normalized spacial score (nSPS) is 14.3. The van der Waals surface area contributed by atoms with E-state index in [1.54, 1.807) is 0 Å². The number of alkyl halides is 6. The van der Waals surface area contributed by atoms with E-state index in [4.69, 9.17) is 5.73 Å². The lowest BCUT2D eigenvalue weighted by atomic mass is 10.2. The molecule has 0 heterocycles. The molecule has 0 aromatic heterocycles. The van der Waals surface area contributed by atoms with Crippen molar-refractivity contribution in [3.8, 4) is 5.75 Å².